The zero-order valence-electron chi connectivity index (χ0n) is 8.56. The summed E-state index contributed by atoms with van der Waals surface area (Å²) in [5, 5.41) is 0.596. The van der Waals surface area contributed by atoms with Crippen molar-refractivity contribution in [1.29, 1.82) is 0 Å². The molecule has 1 rings (SSSR count). The van der Waals surface area contributed by atoms with Gasteiger partial charge in [0.05, 0.1) is 12.2 Å². The molecule has 0 amide bonds. The Kier molecular flexibility index (Phi) is 3.53. The smallest absolute Gasteiger partial charge is 0.338 e. The van der Waals surface area contributed by atoms with Crippen molar-refractivity contribution in [3.8, 4) is 0 Å². The number of hydrogen-bond donors (Lipinski definition) is 0. The van der Waals surface area contributed by atoms with Crippen molar-refractivity contribution in [1.82, 2.24) is 0 Å². The van der Waals surface area contributed by atoms with E-state index < -0.39 is 0 Å². The van der Waals surface area contributed by atoms with E-state index in [0.717, 1.165) is 11.1 Å². The van der Waals surface area contributed by atoms with Gasteiger partial charge in [-0.3, -0.25) is 0 Å². The minimum absolute atomic E-state index is 0.313. The molecule has 2 nitrogen and oxygen atoms in total. The summed E-state index contributed by atoms with van der Waals surface area (Å²) in [6.07, 6.45) is 0. The van der Waals surface area contributed by atoms with Crippen LogP contribution in [0.1, 0.15) is 28.4 Å². The second-order valence-electron chi connectivity index (χ2n) is 3.14. The Morgan fingerprint density at radius 1 is 1.36 bits per heavy atom. The van der Waals surface area contributed by atoms with Crippen LogP contribution in [0, 0.1) is 13.8 Å². The molecule has 3 heteroatoms. The molecule has 0 fully saturated rings. The Bertz CT molecular complexity index is 359. The molecule has 0 heterocycles. The summed E-state index contributed by atoms with van der Waals surface area (Å²) >= 11 is 5.92. The SMILES string of the molecule is CCOC(=O)c1cc(Cl)c(C)cc1C. The maximum absolute atomic E-state index is 11.4. The Morgan fingerprint density at radius 3 is 2.57 bits per heavy atom. The van der Waals surface area contributed by atoms with Gasteiger partial charge in [0.25, 0.3) is 0 Å². The first-order valence-electron chi connectivity index (χ1n) is 4.50. The average molecular weight is 213 g/mol. The molecule has 0 saturated carbocycles. The summed E-state index contributed by atoms with van der Waals surface area (Å²) in [4.78, 5) is 11.4. The highest BCUT2D eigenvalue weighted by Gasteiger charge is 2.11. The topological polar surface area (TPSA) is 26.3 Å². The van der Waals surface area contributed by atoms with Crippen LogP contribution in [0.3, 0.4) is 0 Å². The number of aryl methyl sites for hydroxylation is 2. The van der Waals surface area contributed by atoms with Gasteiger partial charge in [-0.25, -0.2) is 4.79 Å². The Labute approximate surface area is 88.8 Å². The van der Waals surface area contributed by atoms with Gasteiger partial charge < -0.3 is 4.74 Å². The fourth-order valence-corrected chi connectivity index (χ4v) is 1.42. The number of rotatable bonds is 2. The molecule has 76 valence electrons. The molecule has 1 aromatic rings. The predicted octanol–water partition coefficient (Wildman–Crippen LogP) is 3.13. The normalized spacial score (nSPS) is 10.0. The maximum atomic E-state index is 11.4. The molecule has 0 aliphatic carbocycles. The highest BCUT2D eigenvalue weighted by molar-refractivity contribution is 6.31. The molecule has 0 bridgehead atoms. The van der Waals surface area contributed by atoms with Crippen LogP contribution in [0.4, 0.5) is 0 Å². The van der Waals surface area contributed by atoms with E-state index in [0.29, 0.717) is 17.2 Å². The first-order chi connectivity index (χ1) is 6.56. The maximum Gasteiger partial charge on any atom is 0.338 e. The Balaban J connectivity index is 3.09. The van der Waals surface area contributed by atoms with Gasteiger partial charge in [0.15, 0.2) is 0 Å². The number of ether oxygens (including phenoxy) is 1. The molecule has 0 atom stereocenters. The second-order valence-corrected chi connectivity index (χ2v) is 3.54. The summed E-state index contributed by atoms with van der Waals surface area (Å²) in [5.74, 6) is -0.313. The highest BCUT2D eigenvalue weighted by atomic mass is 35.5. The first-order valence-corrected chi connectivity index (χ1v) is 4.88. The third-order valence-electron chi connectivity index (χ3n) is 2.00. The first kappa shape index (κ1) is 11.1. The van der Waals surface area contributed by atoms with Crippen LogP contribution in [-0.4, -0.2) is 12.6 Å². The fourth-order valence-electron chi connectivity index (χ4n) is 1.25. The number of carbonyl (C=O) groups excluding carboxylic acids is 1. The van der Waals surface area contributed by atoms with Crippen molar-refractivity contribution in [3.05, 3.63) is 33.8 Å². The number of esters is 1. The lowest BCUT2D eigenvalue weighted by Gasteiger charge is -2.07. The molecule has 0 saturated heterocycles. The third-order valence-corrected chi connectivity index (χ3v) is 2.41. The zero-order chi connectivity index (χ0) is 10.7. The molecular formula is C11H13ClO2. The minimum atomic E-state index is -0.313. The molecule has 0 spiro atoms. The van der Waals surface area contributed by atoms with Gasteiger partial charge in [-0.2, -0.15) is 0 Å². The van der Waals surface area contributed by atoms with Crippen molar-refractivity contribution in [2.45, 2.75) is 20.8 Å². The molecule has 1 aromatic carbocycles. The van der Waals surface area contributed by atoms with Crippen LogP contribution in [0.5, 0.6) is 0 Å². The van der Waals surface area contributed by atoms with Crippen molar-refractivity contribution in [3.63, 3.8) is 0 Å². The number of carbonyl (C=O) groups is 1. The zero-order valence-corrected chi connectivity index (χ0v) is 9.31. The van der Waals surface area contributed by atoms with E-state index in [-0.39, 0.29) is 5.97 Å². The lowest BCUT2D eigenvalue weighted by atomic mass is 10.1. The molecule has 0 unspecified atom stereocenters. The van der Waals surface area contributed by atoms with Gasteiger partial charge in [-0.15, -0.1) is 0 Å². The summed E-state index contributed by atoms with van der Waals surface area (Å²) in [6, 6.07) is 3.54. The van der Waals surface area contributed by atoms with Crippen molar-refractivity contribution in [2.24, 2.45) is 0 Å². The number of hydrogen-bond acceptors (Lipinski definition) is 2. The molecule has 0 aromatic heterocycles. The van der Waals surface area contributed by atoms with E-state index in [9.17, 15) is 4.79 Å². The van der Waals surface area contributed by atoms with Gasteiger partial charge in [0.2, 0.25) is 0 Å². The van der Waals surface area contributed by atoms with Crippen LogP contribution < -0.4 is 0 Å². The summed E-state index contributed by atoms with van der Waals surface area (Å²) < 4.78 is 4.91. The van der Waals surface area contributed by atoms with E-state index in [1.165, 1.54) is 0 Å². The lowest BCUT2D eigenvalue weighted by molar-refractivity contribution is 0.0525. The van der Waals surface area contributed by atoms with Crippen molar-refractivity contribution in [2.75, 3.05) is 6.61 Å². The summed E-state index contributed by atoms with van der Waals surface area (Å²) in [7, 11) is 0. The summed E-state index contributed by atoms with van der Waals surface area (Å²) in [5.41, 5.74) is 2.41. The quantitative estimate of drug-likeness (QED) is 0.704. The van der Waals surface area contributed by atoms with Crippen LogP contribution in [0.2, 0.25) is 5.02 Å². The standard InChI is InChI=1S/C11H13ClO2/c1-4-14-11(13)9-6-10(12)8(3)5-7(9)2/h5-6H,4H2,1-3H3. The lowest BCUT2D eigenvalue weighted by Crippen LogP contribution is -2.06. The average Bonchev–Trinajstić information content (AvgIpc) is 2.11. The molecule has 14 heavy (non-hydrogen) atoms. The highest BCUT2D eigenvalue weighted by Crippen LogP contribution is 2.21. The molecule has 0 radical (unpaired) electrons. The van der Waals surface area contributed by atoms with Gasteiger partial charge in [0, 0.05) is 5.02 Å². The van der Waals surface area contributed by atoms with Crippen LogP contribution in [-0.2, 0) is 4.74 Å². The Hall–Kier alpha value is -1.02. The van der Waals surface area contributed by atoms with Gasteiger partial charge in [0.1, 0.15) is 0 Å². The van der Waals surface area contributed by atoms with Crippen LogP contribution >= 0.6 is 11.6 Å². The van der Waals surface area contributed by atoms with Crippen LogP contribution in [0.25, 0.3) is 0 Å². The van der Waals surface area contributed by atoms with E-state index in [2.05, 4.69) is 0 Å². The van der Waals surface area contributed by atoms with Gasteiger partial charge in [-0.1, -0.05) is 17.7 Å². The van der Waals surface area contributed by atoms with Gasteiger partial charge in [-0.05, 0) is 38.0 Å². The molecular weight excluding hydrogens is 200 g/mol. The van der Waals surface area contributed by atoms with Crippen molar-refractivity contribution >= 4 is 17.6 Å². The fraction of sp³-hybridized carbons (Fsp3) is 0.364. The van der Waals surface area contributed by atoms with Crippen molar-refractivity contribution < 1.29 is 9.53 Å². The number of benzene rings is 1. The Morgan fingerprint density at radius 2 is 2.00 bits per heavy atom. The van der Waals surface area contributed by atoms with E-state index in [4.69, 9.17) is 16.3 Å². The van der Waals surface area contributed by atoms with E-state index in [1.54, 1.807) is 13.0 Å². The molecule has 0 N–H and O–H groups in total. The largest absolute Gasteiger partial charge is 0.462 e. The third kappa shape index (κ3) is 2.26. The number of halogens is 1. The van der Waals surface area contributed by atoms with Crippen LogP contribution in [0.15, 0.2) is 12.1 Å². The minimum Gasteiger partial charge on any atom is -0.462 e. The second kappa shape index (κ2) is 4.47. The van der Waals surface area contributed by atoms with E-state index >= 15 is 0 Å². The predicted molar refractivity (Wildman–Crippen MR) is 56.9 cm³/mol. The van der Waals surface area contributed by atoms with Gasteiger partial charge >= 0.3 is 5.97 Å². The van der Waals surface area contributed by atoms with E-state index in [1.807, 2.05) is 19.9 Å². The monoisotopic (exact) mass is 212 g/mol. The summed E-state index contributed by atoms with van der Waals surface area (Å²) in [6.45, 7) is 5.94. The molecule has 0 aliphatic rings. The molecule has 0 aliphatic heterocycles.